The minimum atomic E-state index is -1.55. The summed E-state index contributed by atoms with van der Waals surface area (Å²) in [4.78, 5) is 28.9. The van der Waals surface area contributed by atoms with Crippen LogP contribution in [0.1, 0.15) is 18.0 Å². The predicted molar refractivity (Wildman–Crippen MR) is 104 cm³/mol. The lowest BCUT2D eigenvalue weighted by atomic mass is 9.98. The molecule has 148 valence electrons. The van der Waals surface area contributed by atoms with Gasteiger partial charge in [-0.05, 0) is 47.7 Å². The van der Waals surface area contributed by atoms with Crippen molar-refractivity contribution in [2.45, 2.75) is 12.3 Å². The molecule has 1 unspecified atom stereocenters. The minimum Gasteiger partial charge on any atom is -0.338 e. The van der Waals surface area contributed by atoms with Crippen LogP contribution in [-0.4, -0.2) is 28.9 Å². The number of nitrogens with zero attached hydrogens (tertiary/aromatic N) is 1. The standard InChI is InChI=1S/C22H17F3N2O2/c1-2-19(28)27-8-7-14(11-27)18-10-13-4-3-12(9-16(13)22(29)26-18)15-5-6-17(23)21(25)20(15)24/h2-6,9-10,14H,1,7-8,11H2,(H,26,29). The van der Waals surface area contributed by atoms with Gasteiger partial charge in [-0.2, -0.15) is 0 Å². The highest BCUT2D eigenvalue weighted by Crippen LogP contribution is 2.30. The van der Waals surface area contributed by atoms with Crippen LogP contribution in [-0.2, 0) is 4.79 Å². The molecule has 7 heteroatoms. The monoisotopic (exact) mass is 398 g/mol. The first kappa shape index (κ1) is 19.0. The molecule has 1 N–H and O–H groups in total. The van der Waals surface area contributed by atoms with E-state index in [1.165, 1.54) is 12.1 Å². The Morgan fingerprint density at radius 1 is 1.14 bits per heavy atom. The van der Waals surface area contributed by atoms with Crippen molar-refractivity contribution in [1.29, 1.82) is 0 Å². The van der Waals surface area contributed by atoms with Crippen molar-refractivity contribution in [3.05, 3.63) is 82.6 Å². The molecule has 1 aliphatic heterocycles. The fraction of sp³-hybridized carbons (Fsp3) is 0.182. The maximum Gasteiger partial charge on any atom is 0.256 e. The molecule has 2 aromatic carbocycles. The molecule has 0 spiro atoms. The summed E-state index contributed by atoms with van der Waals surface area (Å²) in [5.74, 6) is -4.26. The van der Waals surface area contributed by atoms with Crippen LogP contribution in [0.2, 0.25) is 0 Å². The molecule has 0 bridgehead atoms. The summed E-state index contributed by atoms with van der Waals surface area (Å²) in [6.07, 6.45) is 1.99. The molecular weight excluding hydrogens is 381 g/mol. The van der Waals surface area contributed by atoms with E-state index in [1.807, 2.05) is 6.07 Å². The highest BCUT2D eigenvalue weighted by Gasteiger charge is 2.27. The average molecular weight is 398 g/mol. The van der Waals surface area contributed by atoms with Gasteiger partial charge < -0.3 is 9.88 Å². The lowest BCUT2D eigenvalue weighted by Crippen LogP contribution is -2.26. The number of rotatable bonds is 3. The van der Waals surface area contributed by atoms with Crippen molar-refractivity contribution in [2.75, 3.05) is 13.1 Å². The van der Waals surface area contributed by atoms with E-state index in [-0.39, 0.29) is 28.5 Å². The van der Waals surface area contributed by atoms with Gasteiger partial charge in [0.1, 0.15) is 0 Å². The normalized spacial score (nSPS) is 16.4. The van der Waals surface area contributed by atoms with Crippen LogP contribution in [0.15, 0.2) is 53.8 Å². The summed E-state index contributed by atoms with van der Waals surface area (Å²) >= 11 is 0. The quantitative estimate of drug-likeness (QED) is 0.533. The van der Waals surface area contributed by atoms with Gasteiger partial charge in [0.25, 0.3) is 5.56 Å². The van der Waals surface area contributed by atoms with Crippen LogP contribution in [0.5, 0.6) is 0 Å². The van der Waals surface area contributed by atoms with Crippen LogP contribution in [0.3, 0.4) is 0 Å². The number of hydrogen-bond acceptors (Lipinski definition) is 2. The number of benzene rings is 2. The van der Waals surface area contributed by atoms with Gasteiger partial charge in [-0.3, -0.25) is 9.59 Å². The van der Waals surface area contributed by atoms with E-state index in [9.17, 15) is 22.8 Å². The molecular formula is C22H17F3N2O2. The summed E-state index contributed by atoms with van der Waals surface area (Å²) < 4.78 is 40.9. The van der Waals surface area contributed by atoms with E-state index in [1.54, 1.807) is 17.0 Å². The molecule has 4 nitrogen and oxygen atoms in total. The van der Waals surface area contributed by atoms with E-state index >= 15 is 0 Å². The Morgan fingerprint density at radius 3 is 2.69 bits per heavy atom. The van der Waals surface area contributed by atoms with Crippen molar-refractivity contribution < 1.29 is 18.0 Å². The minimum absolute atomic E-state index is 0.000634. The molecule has 0 saturated carbocycles. The Balaban J connectivity index is 1.72. The fourth-order valence-electron chi connectivity index (χ4n) is 3.76. The average Bonchev–Trinajstić information content (AvgIpc) is 3.22. The van der Waals surface area contributed by atoms with E-state index in [4.69, 9.17) is 0 Å². The second-order valence-electron chi connectivity index (χ2n) is 7.05. The van der Waals surface area contributed by atoms with Crippen LogP contribution in [0.4, 0.5) is 13.2 Å². The Kier molecular flexibility index (Phi) is 4.74. The molecule has 1 aromatic heterocycles. The van der Waals surface area contributed by atoms with Gasteiger partial charge in [-0.25, -0.2) is 13.2 Å². The largest absolute Gasteiger partial charge is 0.338 e. The number of fused-ring (bicyclic) bond motifs is 1. The van der Waals surface area contributed by atoms with Crippen molar-refractivity contribution in [1.82, 2.24) is 9.88 Å². The van der Waals surface area contributed by atoms with Crippen LogP contribution < -0.4 is 5.56 Å². The number of aromatic nitrogens is 1. The second kappa shape index (κ2) is 7.24. The van der Waals surface area contributed by atoms with E-state index in [0.29, 0.717) is 29.6 Å². The van der Waals surface area contributed by atoms with Crippen LogP contribution >= 0.6 is 0 Å². The summed E-state index contributed by atoms with van der Waals surface area (Å²) in [7, 11) is 0. The first-order chi connectivity index (χ1) is 13.9. The first-order valence-electron chi connectivity index (χ1n) is 9.11. The number of carbonyl (C=O) groups is 1. The number of aromatic amines is 1. The molecule has 29 heavy (non-hydrogen) atoms. The van der Waals surface area contributed by atoms with Gasteiger partial charge in [-0.15, -0.1) is 0 Å². The van der Waals surface area contributed by atoms with E-state index < -0.39 is 17.5 Å². The van der Waals surface area contributed by atoms with Crippen molar-refractivity contribution in [3.8, 4) is 11.1 Å². The Hall–Kier alpha value is -3.35. The zero-order valence-electron chi connectivity index (χ0n) is 15.3. The third kappa shape index (κ3) is 3.33. The number of H-pyrrole nitrogens is 1. The number of amides is 1. The smallest absolute Gasteiger partial charge is 0.256 e. The third-order valence-electron chi connectivity index (χ3n) is 5.33. The Morgan fingerprint density at radius 2 is 1.93 bits per heavy atom. The first-order valence-corrected chi connectivity index (χ1v) is 9.11. The van der Waals surface area contributed by atoms with Crippen molar-refractivity contribution >= 4 is 16.7 Å². The lowest BCUT2D eigenvalue weighted by Gasteiger charge is -2.15. The van der Waals surface area contributed by atoms with Gasteiger partial charge in [-0.1, -0.05) is 18.7 Å². The molecule has 1 atom stereocenters. The number of likely N-dealkylation sites (tertiary alicyclic amines) is 1. The van der Waals surface area contributed by atoms with Crippen LogP contribution in [0, 0.1) is 17.5 Å². The topological polar surface area (TPSA) is 53.2 Å². The molecule has 0 radical (unpaired) electrons. The zero-order chi connectivity index (χ0) is 20.7. The second-order valence-corrected chi connectivity index (χ2v) is 7.05. The summed E-state index contributed by atoms with van der Waals surface area (Å²) in [6, 6.07) is 8.47. The molecule has 2 heterocycles. The highest BCUT2D eigenvalue weighted by molar-refractivity contribution is 5.88. The summed E-state index contributed by atoms with van der Waals surface area (Å²) in [5, 5.41) is 0.955. The molecule has 4 rings (SSSR count). The van der Waals surface area contributed by atoms with Gasteiger partial charge >= 0.3 is 0 Å². The zero-order valence-corrected chi connectivity index (χ0v) is 15.3. The fourth-order valence-corrected chi connectivity index (χ4v) is 3.76. The lowest BCUT2D eigenvalue weighted by molar-refractivity contribution is -0.125. The third-order valence-corrected chi connectivity index (χ3v) is 5.33. The van der Waals surface area contributed by atoms with E-state index in [2.05, 4.69) is 11.6 Å². The van der Waals surface area contributed by atoms with Crippen LogP contribution in [0.25, 0.3) is 21.9 Å². The molecule has 1 fully saturated rings. The number of halogens is 3. The number of carbonyl (C=O) groups excluding carboxylic acids is 1. The van der Waals surface area contributed by atoms with Crippen molar-refractivity contribution in [2.24, 2.45) is 0 Å². The number of hydrogen-bond donors (Lipinski definition) is 1. The SMILES string of the molecule is C=CC(=O)N1CCC(c2cc3ccc(-c4ccc(F)c(F)c4F)cc3c(=O)[nH]2)C1. The molecule has 1 aliphatic rings. The highest BCUT2D eigenvalue weighted by atomic mass is 19.2. The number of pyridine rings is 1. The molecule has 0 aliphatic carbocycles. The maximum atomic E-state index is 14.1. The van der Waals surface area contributed by atoms with Gasteiger partial charge in [0.2, 0.25) is 5.91 Å². The summed E-state index contributed by atoms with van der Waals surface area (Å²) in [6.45, 7) is 4.57. The van der Waals surface area contributed by atoms with E-state index in [0.717, 1.165) is 18.6 Å². The Bertz CT molecular complexity index is 1200. The van der Waals surface area contributed by atoms with Gasteiger partial charge in [0, 0.05) is 35.7 Å². The molecule has 3 aromatic rings. The maximum absolute atomic E-state index is 14.1. The van der Waals surface area contributed by atoms with Gasteiger partial charge in [0.05, 0.1) is 0 Å². The van der Waals surface area contributed by atoms with Gasteiger partial charge in [0.15, 0.2) is 17.5 Å². The molecule has 1 amide bonds. The van der Waals surface area contributed by atoms with Crippen molar-refractivity contribution in [3.63, 3.8) is 0 Å². The predicted octanol–water partition coefficient (Wildman–Crippen LogP) is 4.11. The Labute approximate surface area is 164 Å². The summed E-state index contributed by atoms with van der Waals surface area (Å²) in [5.41, 5.74) is 0.504. The molecule has 1 saturated heterocycles. The number of nitrogens with one attached hydrogen (secondary N) is 1.